The van der Waals surface area contributed by atoms with E-state index in [1.165, 1.54) is 11.3 Å². The molecule has 118 valence electrons. The summed E-state index contributed by atoms with van der Waals surface area (Å²) in [7, 11) is 0. The number of aliphatic imine (C=N–C) groups is 1. The van der Waals surface area contributed by atoms with Crippen LogP contribution in [-0.4, -0.2) is 27.7 Å². The maximum Gasteiger partial charge on any atom is 0.307 e. The molecule has 23 heavy (non-hydrogen) atoms. The first-order chi connectivity index (χ1) is 10.9. The molecule has 1 aromatic rings. The number of nitrogens with zero attached hydrogens (tertiary/aromatic N) is 1. The number of hydrogen-bond acceptors (Lipinski definition) is 5. The Morgan fingerprint density at radius 1 is 1.43 bits per heavy atom. The fraction of sp³-hybridized carbons (Fsp3) is 0.188. The summed E-state index contributed by atoms with van der Waals surface area (Å²) in [5, 5.41) is 23.0. The zero-order valence-electron chi connectivity index (χ0n) is 12.1. The molecule has 1 aliphatic heterocycles. The first kappa shape index (κ1) is 15.7. The molecule has 0 fully saturated rings. The van der Waals surface area contributed by atoms with Crippen LogP contribution in [0.2, 0.25) is 0 Å². The van der Waals surface area contributed by atoms with E-state index < -0.39 is 5.97 Å². The summed E-state index contributed by atoms with van der Waals surface area (Å²) >= 11 is 7.43. The van der Waals surface area contributed by atoms with Gasteiger partial charge in [0.15, 0.2) is 5.78 Å². The molecule has 0 bridgehead atoms. The lowest BCUT2D eigenvalue weighted by atomic mass is 9.85. The van der Waals surface area contributed by atoms with Crippen molar-refractivity contribution in [3.8, 4) is 0 Å². The fourth-order valence-corrected chi connectivity index (χ4v) is 3.57. The molecule has 3 rings (SSSR count). The zero-order chi connectivity index (χ0) is 16.7. The molecule has 0 aromatic carbocycles. The maximum atomic E-state index is 12.8. The molecule has 2 heterocycles. The molecule has 1 aromatic heterocycles. The molecule has 0 atom stereocenters. The normalized spacial score (nSPS) is 17.6. The van der Waals surface area contributed by atoms with Gasteiger partial charge in [-0.1, -0.05) is 11.6 Å². The Hall–Kier alpha value is -2.18. The molecule has 2 aliphatic rings. The Labute approximate surface area is 140 Å². The molecule has 5 nitrogen and oxygen atoms in total. The Balaban J connectivity index is 2.21. The molecule has 0 spiro atoms. The molecule has 0 saturated heterocycles. The summed E-state index contributed by atoms with van der Waals surface area (Å²) in [5.74, 6) is -1.71. The van der Waals surface area contributed by atoms with Crippen LogP contribution in [0.5, 0.6) is 0 Å². The van der Waals surface area contributed by atoms with Crippen LogP contribution in [0.3, 0.4) is 0 Å². The second kappa shape index (κ2) is 5.79. The van der Waals surface area contributed by atoms with Gasteiger partial charge in [-0.2, -0.15) is 11.3 Å². The lowest BCUT2D eigenvalue weighted by Crippen LogP contribution is -2.19. The zero-order valence-corrected chi connectivity index (χ0v) is 13.7. The van der Waals surface area contributed by atoms with Crippen LogP contribution in [0.15, 0.2) is 55.0 Å². The molecule has 0 amide bonds. The van der Waals surface area contributed by atoms with Crippen LogP contribution in [0, 0.1) is 0 Å². The standard InChI is InChI=1S/C16H12ClNO4S/c1-7-9(4-12(19)20)13-11(18-7)5-10(17)16(22)14(13)15(21)8-2-3-23-6-8/h2-3,6,22H,4-5H2,1H3,(H,19,20). The van der Waals surface area contributed by atoms with Crippen LogP contribution in [0.4, 0.5) is 0 Å². The topological polar surface area (TPSA) is 87.0 Å². The number of aliphatic hydroxyl groups is 1. The van der Waals surface area contributed by atoms with E-state index in [-0.39, 0.29) is 35.0 Å². The number of ketones is 1. The minimum absolute atomic E-state index is 0.0338. The second-order valence-electron chi connectivity index (χ2n) is 5.21. The second-order valence-corrected chi connectivity index (χ2v) is 6.45. The van der Waals surface area contributed by atoms with Crippen molar-refractivity contribution in [3.05, 3.63) is 55.6 Å². The van der Waals surface area contributed by atoms with Crippen LogP contribution in [0.1, 0.15) is 30.1 Å². The average Bonchev–Trinajstić information content (AvgIpc) is 3.10. The van der Waals surface area contributed by atoms with E-state index in [1.54, 1.807) is 23.8 Å². The van der Waals surface area contributed by atoms with Crippen molar-refractivity contribution in [1.82, 2.24) is 0 Å². The Bertz CT molecular complexity index is 843. The smallest absolute Gasteiger partial charge is 0.307 e. The molecular formula is C16H12ClNO4S. The molecule has 0 unspecified atom stereocenters. The van der Waals surface area contributed by atoms with Crippen LogP contribution >= 0.6 is 22.9 Å². The molecule has 0 radical (unpaired) electrons. The summed E-state index contributed by atoms with van der Waals surface area (Å²) in [6.07, 6.45) is -0.0803. The van der Waals surface area contributed by atoms with E-state index in [0.29, 0.717) is 28.1 Å². The average molecular weight is 350 g/mol. The minimum Gasteiger partial charge on any atom is -0.506 e. The highest BCUT2D eigenvalue weighted by Crippen LogP contribution is 2.41. The molecular weight excluding hydrogens is 338 g/mol. The lowest BCUT2D eigenvalue weighted by Gasteiger charge is -2.19. The number of rotatable bonds is 4. The predicted octanol–water partition coefficient (Wildman–Crippen LogP) is 3.84. The van der Waals surface area contributed by atoms with E-state index in [0.717, 1.165) is 0 Å². The van der Waals surface area contributed by atoms with Gasteiger partial charge in [0, 0.05) is 28.6 Å². The van der Waals surface area contributed by atoms with Gasteiger partial charge in [-0.3, -0.25) is 14.6 Å². The van der Waals surface area contributed by atoms with Crippen LogP contribution in [-0.2, 0) is 4.79 Å². The highest BCUT2D eigenvalue weighted by molar-refractivity contribution is 7.08. The van der Waals surface area contributed by atoms with Crippen LogP contribution < -0.4 is 0 Å². The third kappa shape index (κ3) is 2.64. The van der Waals surface area contributed by atoms with Crippen molar-refractivity contribution in [2.45, 2.75) is 19.8 Å². The molecule has 1 aliphatic carbocycles. The monoisotopic (exact) mass is 349 g/mol. The predicted molar refractivity (Wildman–Crippen MR) is 88.2 cm³/mol. The van der Waals surface area contributed by atoms with E-state index in [9.17, 15) is 14.7 Å². The quantitative estimate of drug-likeness (QED) is 0.808. The maximum absolute atomic E-state index is 12.8. The number of aliphatic carboxylic acids is 1. The van der Waals surface area contributed by atoms with Gasteiger partial charge < -0.3 is 10.2 Å². The van der Waals surface area contributed by atoms with Crippen molar-refractivity contribution in [2.24, 2.45) is 4.99 Å². The van der Waals surface area contributed by atoms with Gasteiger partial charge in [-0.15, -0.1) is 0 Å². The van der Waals surface area contributed by atoms with Crippen molar-refractivity contribution in [2.75, 3.05) is 0 Å². The largest absolute Gasteiger partial charge is 0.506 e. The number of halogens is 1. The summed E-state index contributed by atoms with van der Waals surface area (Å²) in [6, 6.07) is 1.65. The SMILES string of the molecule is CC1=C(CC(=O)O)C2=C(C(=O)c3ccsc3)C(O)=C(Cl)CC2=N1. The van der Waals surface area contributed by atoms with E-state index >= 15 is 0 Å². The number of allylic oxidation sites excluding steroid dienone is 4. The van der Waals surface area contributed by atoms with Gasteiger partial charge in [-0.05, 0) is 23.9 Å². The van der Waals surface area contributed by atoms with Crippen molar-refractivity contribution >= 4 is 40.4 Å². The first-order valence-electron chi connectivity index (χ1n) is 6.79. The third-order valence-electron chi connectivity index (χ3n) is 3.73. The Kier molecular flexibility index (Phi) is 3.95. The van der Waals surface area contributed by atoms with Crippen LogP contribution in [0.25, 0.3) is 0 Å². The van der Waals surface area contributed by atoms with Crippen molar-refractivity contribution < 1.29 is 19.8 Å². The van der Waals surface area contributed by atoms with E-state index in [1.807, 2.05) is 0 Å². The fourth-order valence-electron chi connectivity index (χ4n) is 2.72. The number of Topliss-reactive ketones (excluding diaryl/α,β-unsaturated/α-hetero) is 1. The Morgan fingerprint density at radius 2 is 2.17 bits per heavy atom. The summed E-state index contributed by atoms with van der Waals surface area (Å²) in [6.45, 7) is 1.69. The number of aliphatic hydroxyl groups excluding tert-OH is 1. The van der Waals surface area contributed by atoms with Gasteiger partial charge in [-0.25, -0.2) is 0 Å². The van der Waals surface area contributed by atoms with Crippen molar-refractivity contribution in [1.29, 1.82) is 0 Å². The number of carbonyl (C=O) groups excluding carboxylic acids is 1. The van der Waals surface area contributed by atoms with Gasteiger partial charge in [0.1, 0.15) is 5.76 Å². The first-order valence-corrected chi connectivity index (χ1v) is 8.11. The van der Waals surface area contributed by atoms with Gasteiger partial charge in [0.25, 0.3) is 0 Å². The highest BCUT2D eigenvalue weighted by atomic mass is 35.5. The van der Waals surface area contributed by atoms with Gasteiger partial charge >= 0.3 is 5.97 Å². The third-order valence-corrected chi connectivity index (χ3v) is 4.73. The summed E-state index contributed by atoms with van der Waals surface area (Å²) < 4.78 is 0. The number of carboxylic acids is 1. The van der Waals surface area contributed by atoms with E-state index in [4.69, 9.17) is 16.7 Å². The Morgan fingerprint density at radius 3 is 2.78 bits per heavy atom. The van der Waals surface area contributed by atoms with E-state index in [2.05, 4.69) is 4.99 Å². The number of thiophene rings is 1. The van der Waals surface area contributed by atoms with Gasteiger partial charge in [0.2, 0.25) is 0 Å². The highest BCUT2D eigenvalue weighted by Gasteiger charge is 2.36. The number of hydrogen-bond donors (Lipinski definition) is 2. The van der Waals surface area contributed by atoms with Gasteiger partial charge in [0.05, 0.1) is 22.7 Å². The number of fused-ring (bicyclic) bond motifs is 1. The van der Waals surface area contributed by atoms with Crippen molar-refractivity contribution in [3.63, 3.8) is 0 Å². The molecule has 0 saturated carbocycles. The molecule has 2 N–H and O–H groups in total. The minimum atomic E-state index is -1.02. The summed E-state index contributed by atoms with van der Waals surface area (Å²) in [5.41, 5.74) is 2.37. The summed E-state index contributed by atoms with van der Waals surface area (Å²) in [4.78, 5) is 28.2. The number of carbonyl (C=O) groups is 2. The lowest BCUT2D eigenvalue weighted by molar-refractivity contribution is -0.136. The molecule has 7 heteroatoms. The number of carboxylic acid groups (broad SMARTS) is 1.